The molecule has 0 radical (unpaired) electrons. The average molecular weight is 233 g/mol. The average Bonchev–Trinajstić information content (AvgIpc) is 2.69. The molecule has 3 heteroatoms. The van der Waals surface area contributed by atoms with Gasteiger partial charge in [0.25, 0.3) is 0 Å². The first-order valence-electron chi connectivity index (χ1n) is 6.15. The van der Waals surface area contributed by atoms with Gasteiger partial charge in [0.05, 0.1) is 6.54 Å². The topological polar surface area (TPSA) is 29.5 Å². The maximum absolute atomic E-state index is 11.4. The van der Waals surface area contributed by atoms with Crippen molar-refractivity contribution in [3.63, 3.8) is 0 Å². The molecule has 2 rings (SSSR count). The molecular formula is C14H19NO2. The Morgan fingerprint density at radius 3 is 2.59 bits per heavy atom. The van der Waals surface area contributed by atoms with E-state index < -0.39 is 0 Å². The smallest absolute Gasteiger partial charge is 0.222 e. The molecule has 0 atom stereocenters. The fourth-order valence-corrected chi connectivity index (χ4v) is 2.23. The first-order valence-corrected chi connectivity index (χ1v) is 6.15. The molecule has 0 aromatic heterocycles. The zero-order chi connectivity index (χ0) is 12.3. The summed E-state index contributed by atoms with van der Waals surface area (Å²) < 4.78 is 5.78. The summed E-state index contributed by atoms with van der Waals surface area (Å²) in [6.07, 6.45) is 1.69. The van der Waals surface area contributed by atoms with E-state index in [2.05, 4.69) is 0 Å². The SMILES string of the molecule is Cc1cccc(C)c1OCCN1CCCC1=O. The second-order valence-electron chi connectivity index (χ2n) is 4.55. The summed E-state index contributed by atoms with van der Waals surface area (Å²) in [4.78, 5) is 13.3. The van der Waals surface area contributed by atoms with E-state index in [-0.39, 0.29) is 5.91 Å². The van der Waals surface area contributed by atoms with Crippen LogP contribution < -0.4 is 4.74 Å². The number of para-hydroxylation sites is 1. The molecule has 1 fully saturated rings. The molecule has 0 N–H and O–H groups in total. The lowest BCUT2D eigenvalue weighted by atomic mass is 10.1. The summed E-state index contributed by atoms with van der Waals surface area (Å²) in [5.74, 6) is 1.22. The highest BCUT2D eigenvalue weighted by molar-refractivity contribution is 5.78. The summed E-state index contributed by atoms with van der Waals surface area (Å²) in [5, 5.41) is 0. The first-order chi connectivity index (χ1) is 8.18. The molecule has 0 spiro atoms. The minimum Gasteiger partial charge on any atom is -0.491 e. The molecule has 1 heterocycles. The van der Waals surface area contributed by atoms with Gasteiger partial charge in [-0.3, -0.25) is 4.79 Å². The van der Waals surface area contributed by atoms with Crippen LogP contribution in [0, 0.1) is 13.8 Å². The molecule has 92 valence electrons. The predicted molar refractivity (Wildman–Crippen MR) is 67.2 cm³/mol. The van der Waals surface area contributed by atoms with E-state index in [4.69, 9.17) is 4.74 Å². The minimum absolute atomic E-state index is 0.259. The molecule has 0 aliphatic carbocycles. The Morgan fingerprint density at radius 1 is 1.29 bits per heavy atom. The highest BCUT2D eigenvalue weighted by Crippen LogP contribution is 2.22. The maximum Gasteiger partial charge on any atom is 0.222 e. The van der Waals surface area contributed by atoms with Gasteiger partial charge in [0.15, 0.2) is 0 Å². The zero-order valence-corrected chi connectivity index (χ0v) is 10.5. The van der Waals surface area contributed by atoms with Crippen molar-refractivity contribution in [1.82, 2.24) is 4.90 Å². The van der Waals surface area contributed by atoms with Gasteiger partial charge in [-0.05, 0) is 31.4 Å². The lowest BCUT2D eigenvalue weighted by Crippen LogP contribution is -2.29. The van der Waals surface area contributed by atoms with Gasteiger partial charge in [-0.25, -0.2) is 0 Å². The van der Waals surface area contributed by atoms with Crippen LogP contribution in [0.2, 0.25) is 0 Å². The van der Waals surface area contributed by atoms with Crippen LogP contribution in [0.15, 0.2) is 18.2 Å². The van der Waals surface area contributed by atoms with Gasteiger partial charge in [0.2, 0.25) is 5.91 Å². The number of carbonyl (C=O) groups excluding carboxylic acids is 1. The van der Waals surface area contributed by atoms with E-state index in [1.807, 2.05) is 36.9 Å². The van der Waals surface area contributed by atoms with Crippen LogP contribution in [-0.2, 0) is 4.79 Å². The second kappa shape index (κ2) is 5.21. The van der Waals surface area contributed by atoms with Crippen molar-refractivity contribution in [2.45, 2.75) is 26.7 Å². The van der Waals surface area contributed by atoms with Crippen LogP contribution >= 0.6 is 0 Å². The van der Waals surface area contributed by atoms with Gasteiger partial charge in [0, 0.05) is 13.0 Å². The zero-order valence-electron chi connectivity index (χ0n) is 10.5. The van der Waals surface area contributed by atoms with Gasteiger partial charge in [-0.1, -0.05) is 18.2 Å². The molecule has 3 nitrogen and oxygen atoms in total. The molecule has 0 saturated carbocycles. The number of hydrogen-bond acceptors (Lipinski definition) is 2. The van der Waals surface area contributed by atoms with Gasteiger partial charge in [-0.2, -0.15) is 0 Å². The summed E-state index contributed by atoms with van der Waals surface area (Å²) in [7, 11) is 0. The molecule has 1 aliphatic rings. The lowest BCUT2D eigenvalue weighted by molar-refractivity contribution is -0.128. The molecule has 1 aromatic rings. The Hall–Kier alpha value is -1.51. The third-order valence-electron chi connectivity index (χ3n) is 3.19. The molecule has 17 heavy (non-hydrogen) atoms. The summed E-state index contributed by atoms with van der Waals surface area (Å²) in [6.45, 7) is 6.26. The van der Waals surface area contributed by atoms with E-state index >= 15 is 0 Å². The monoisotopic (exact) mass is 233 g/mol. The van der Waals surface area contributed by atoms with Crippen molar-refractivity contribution in [1.29, 1.82) is 0 Å². The first kappa shape index (κ1) is 12.0. The van der Waals surface area contributed by atoms with E-state index in [0.29, 0.717) is 19.6 Å². The maximum atomic E-state index is 11.4. The number of likely N-dealkylation sites (tertiary alicyclic amines) is 1. The van der Waals surface area contributed by atoms with Crippen molar-refractivity contribution < 1.29 is 9.53 Å². The number of nitrogens with zero attached hydrogens (tertiary/aromatic N) is 1. The molecule has 0 unspecified atom stereocenters. The van der Waals surface area contributed by atoms with Crippen LogP contribution in [0.1, 0.15) is 24.0 Å². The van der Waals surface area contributed by atoms with E-state index in [9.17, 15) is 4.79 Å². The van der Waals surface area contributed by atoms with Crippen LogP contribution in [0.4, 0.5) is 0 Å². The fourth-order valence-electron chi connectivity index (χ4n) is 2.23. The van der Waals surface area contributed by atoms with Crippen molar-refractivity contribution in [2.24, 2.45) is 0 Å². The van der Waals surface area contributed by atoms with E-state index in [1.165, 1.54) is 0 Å². The van der Waals surface area contributed by atoms with Crippen LogP contribution in [0.25, 0.3) is 0 Å². The van der Waals surface area contributed by atoms with Crippen molar-refractivity contribution in [3.8, 4) is 5.75 Å². The van der Waals surface area contributed by atoms with E-state index in [0.717, 1.165) is 29.8 Å². The number of carbonyl (C=O) groups is 1. The number of hydrogen-bond donors (Lipinski definition) is 0. The highest BCUT2D eigenvalue weighted by atomic mass is 16.5. The lowest BCUT2D eigenvalue weighted by Gasteiger charge is -2.17. The number of ether oxygens (including phenoxy) is 1. The third kappa shape index (κ3) is 2.78. The largest absolute Gasteiger partial charge is 0.491 e. The van der Waals surface area contributed by atoms with Crippen molar-refractivity contribution in [3.05, 3.63) is 29.3 Å². The van der Waals surface area contributed by atoms with Crippen molar-refractivity contribution >= 4 is 5.91 Å². The Balaban J connectivity index is 1.88. The Bertz CT molecular complexity index is 394. The Morgan fingerprint density at radius 2 is 2.00 bits per heavy atom. The van der Waals surface area contributed by atoms with Crippen LogP contribution in [-0.4, -0.2) is 30.5 Å². The molecule has 1 amide bonds. The second-order valence-corrected chi connectivity index (χ2v) is 4.55. The van der Waals surface area contributed by atoms with Crippen LogP contribution in [0.5, 0.6) is 5.75 Å². The third-order valence-corrected chi connectivity index (χ3v) is 3.19. The van der Waals surface area contributed by atoms with Gasteiger partial charge in [-0.15, -0.1) is 0 Å². The number of aryl methyl sites for hydroxylation is 2. The Kier molecular flexibility index (Phi) is 3.67. The molecular weight excluding hydrogens is 214 g/mol. The Labute approximate surface area is 102 Å². The quantitative estimate of drug-likeness (QED) is 0.798. The standard InChI is InChI=1S/C14H19NO2/c1-11-5-3-6-12(2)14(11)17-10-9-15-8-4-7-13(15)16/h3,5-6H,4,7-10H2,1-2H3. The highest BCUT2D eigenvalue weighted by Gasteiger charge is 2.19. The molecule has 0 bridgehead atoms. The minimum atomic E-state index is 0.259. The molecule has 1 aliphatic heterocycles. The summed E-state index contributed by atoms with van der Waals surface area (Å²) in [5.41, 5.74) is 2.30. The van der Waals surface area contributed by atoms with Crippen LogP contribution in [0.3, 0.4) is 0 Å². The van der Waals surface area contributed by atoms with E-state index in [1.54, 1.807) is 0 Å². The van der Waals surface area contributed by atoms with Gasteiger partial charge in [0.1, 0.15) is 12.4 Å². The number of benzene rings is 1. The fraction of sp³-hybridized carbons (Fsp3) is 0.500. The summed E-state index contributed by atoms with van der Waals surface area (Å²) in [6, 6.07) is 6.12. The number of amides is 1. The molecule has 1 aromatic carbocycles. The predicted octanol–water partition coefficient (Wildman–Crippen LogP) is 2.30. The summed E-state index contributed by atoms with van der Waals surface area (Å²) >= 11 is 0. The van der Waals surface area contributed by atoms with Crippen molar-refractivity contribution in [2.75, 3.05) is 19.7 Å². The van der Waals surface area contributed by atoms with Gasteiger partial charge >= 0.3 is 0 Å². The van der Waals surface area contributed by atoms with Gasteiger partial charge < -0.3 is 9.64 Å². The normalized spacial score (nSPS) is 15.4. The molecule has 1 saturated heterocycles. The number of rotatable bonds is 4.